The maximum absolute atomic E-state index is 11.6. The number of anilines is 1. The molecule has 0 aliphatic rings. The molecular formula is C11H9ClN2O2. The second-order valence-electron chi connectivity index (χ2n) is 3.20. The van der Waals surface area contributed by atoms with Crippen molar-refractivity contribution in [1.82, 2.24) is 4.98 Å². The molecule has 2 aromatic rings. The van der Waals surface area contributed by atoms with Crippen molar-refractivity contribution >= 4 is 23.2 Å². The number of benzene rings is 1. The Bertz CT molecular complexity index is 509. The van der Waals surface area contributed by atoms with Gasteiger partial charge in [-0.25, -0.2) is 0 Å². The fraction of sp³-hybridized carbons (Fsp3) is 0. The van der Waals surface area contributed by atoms with E-state index in [1.165, 1.54) is 6.07 Å². The summed E-state index contributed by atoms with van der Waals surface area (Å²) in [6.07, 6.45) is 1.65. The first-order valence-electron chi connectivity index (χ1n) is 4.60. The van der Waals surface area contributed by atoms with E-state index in [0.29, 0.717) is 16.4 Å². The molecule has 0 aliphatic carbocycles. The van der Waals surface area contributed by atoms with Crippen molar-refractivity contribution in [1.29, 1.82) is 0 Å². The van der Waals surface area contributed by atoms with Gasteiger partial charge in [0.1, 0.15) is 11.4 Å². The number of phenolic OH excluding ortho intramolecular Hbond substituents is 1. The Balaban J connectivity index is 2.18. The normalized spacial score (nSPS) is 10.1. The molecule has 0 unspecified atom stereocenters. The summed E-state index contributed by atoms with van der Waals surface area (Å²) in [7, 11) is 0. The zero-order valence-corrected chi connectivity index (χ0v) is 8.95. The fourth-order valence-electron chi connectivity index (χ4n) is 1.27. The molecule has 82 valence electrons. The molecule has 1 aromatic heterocycles. The summed E-state index contributed by atoms with van der Waals surface area (Å²) in [4.78, 5) is 14.4. The van der Waals surface area contributed by atoms with Crippen LogP contribution in [0.5, 0.6) is 5.75 Å². The lowest BCUT2D eigenvalue weighted by Gasteiger charge is -2.06. The zero-order valence-electron chi connectivity index (χ0n) is 8.20. The average molecular weight is 237 g/mol. The Hall–Kier alpha value is -1.94. The number of carbonyl (C=O) groups is 1. The second kappa shape index (κ2) is 4.28. The highest BCUT2D eigenvalue weighted by Crippen LogP contribution is 2.26. The van der Waals surface area contributed by atoms with Crippen LogP contribution in [0.3, 0.4) is 0 Å². The molecule has 3 N–H and O–H groups in total. The molecule has 2 rings (SSSR count). The smallest absolute Gasteiger partial charge is 0.272 e. The molecule has 1 amide bonds. The van der Waals surface area contributed by atoms with E-state index in [-0.39, 0.29) is 11.7 Å². The summed E-state index contributed by atoms with van der Waals surface area (Å²) >= 11 is 5.67. The number of phenols is 1. The van der Waals surface area contributed by atoms with Crippen molar-refractivity contribution in [2.24, 2.45) is 0 Å². The van der Waals surface area contributed by atoms with Gasteiger partial charge in [-0.15, -0.1) is 0 Å². The van der Waals surface area contributed by atoms with Crippen molar-refractivity contribution < 1.29 is 9.90 Å². The zero-order chi connectivity index (χ0) is 11.5. The molecular weight excluding hydrogens is 228 g/mol. The summed E-state index contributed by atoms with van der Waals surface area (Å²) in [5, 5.41) is 12.5. The molecule has 0 saturated heterocycles. The average Bonchev–Trinajstić information content (AvgIpc) is 2.75. The first kappa shape index (κ1) is 10.6. The molecule has 0 radical (unpaired) electrons. The molecule has 0 saturated carbocycles. The summed E-state index contributed by atoms with van der Waals surface area (Å²) in [6.45, 7) is 0. The summed E-state index contributed by atoms with van der Waals surface area (Å²) in [5.74, 6) is -0.380. The molecule has 1 aromatic carbocycles. The number of nitrogens with one attached hydrogen (secondary N) is 2. The van der Waals surface area contributed by atoms with Crippen LogP contribution in [0.15, 0.2) is 36.5 Å². The molecule has 0 fully saturated rings. The van der Waals surface area contributed by atoms with Crippen molar-refractivity contribution in [3.63, 3.8) is 0 Å². The van der Waals surface area contributed by atoms with Crippen LogP contribution in [0, 0.1) is 0 Å². The van der Waals surface area contributed by atoms with Crippen molar-refractivity contribution in [3.8, 4) is 5.75 Å². The molecule has 4 nitrogen and oxygen atoms in total. The van der Waals surface area contributed by atoms with Crippen LogP contribution in [0.25, 0.3) is 0 Å². The Morgan fingerprint density at radius 1 is 1.38 bits per heavy atom. The molecule has 0 atom stereocenters. The second-order valence-corrected chi connectivity index (χ2v) is 3.64. The van der Waals surface area contributed by atoms with Gasteiger partial charge >= 0.3 is 0 Å². The van der Waals surface area contributed by atoms with Crippen LogP contribution in [-0.2, 0) is 0 Å². The van der Waals surface area contributed by atoms with E-state index in [1.54, 1.807) is 30.5 Å². The number of carbonyl (C=O) groups excluding carboxylic acids is 1. The molecule has 1 heterocycles. The summed E-state index contributed by atoms with van der Waals surface area (Å²) < 4.78 is 0. The van der Waals surface area contributed by atoms with Crippen molar-refractivity contribution in [2.45, 2.75) is 0 Å². The van der Waals surface area contributed by atoms with Gasteiger partial charge in [-0.2, -0.15) is 0 Å². The van der Waals surface area contributed by atoms with Gasteiger partial charge in [-0.1, -0.05) is 11.6 Å². The van der Waals surface area contributed by atoms with Crippen LogP contribution >= 0.6 is 11.6 Å². The van der Waals surface area contributed by atoms with Gasteiger partial charge < -0.3 is 15.4 Å². The lowest BCUT2D eigenvalue weighted by atomic mass is 10.3. The quantitative estimate of drug-likeness (QED) is 0.702. The largest absolute Gasteiger partial charge is 0.506 e. The Morgan fingerprint density at radius 2 is 2.19 bits per heavy atom. The van der Waals surface area contributed by atoms with Gasteiger partial charge in [0.2, 0.25) is 0 Å². The monoisotopic (exact) mass is 236 g/mol. The highest BCUT2D eigenvalue weighted by Gasteiger charge is 2.09. The minimum atomic E-state index is -0.317. The third-order valence-electron chi connectivity index (χ3n) is 2.05. The maximum Gasteiger partial charge on any atom is 0.272 e. The van der Waals surface area contributed by atoms with Crippen LogP contribution in [-0.4, -0.2) is 16.0 Å². The Kier molecular flexibility index (Phi) is 2.83. The van der Waals surface area contributed by atoms with Crippen LogP contribution in [0.4, 0.5) is 5.69 Å². The minimum Gasteiger partial charge on any atom is -0.506 e. The van der Waals surface area contributed by atoms with E-state index in [1.807, 2.05) is 0 Å². The third-order valence-corrected chi connectivity index (χ3v) is 2.29. The number of halogens is 1. The first-order valence-corrected chi connectivity index (χ1v) is 4.98. The third kappa shape index (κ3) is 2.17. The highest BCUT2D eigenvalue weighted by atomic mass is 35.5. The standard InChI is InChI=1S/C11H9ClN2O2/c12-7-3-4-8(10(15)6-7)14-11(16)9-2-1-5-13-9/h1-6,13,15H,(H,14,16). The lowest BCUT2D eigenvalue weighted by Crippen LogP contribution is -2.12. The topological polar surface area (TPSA) is 65.1 Å². The molecule has 0 bridgehead atoms. The number of hydrogen-bond acceptors (Lipinski definition) is 2. The van der Waals surface area contributed by atoms with Crippen LogP contribution in [0.1, 0.15) is 10.5 Å². The predicted octanol–water partition coefficient (Wildman–Crippen LogP) is 2.63. The molecule has 16 heavy (non-hydrogen) atoms. The van der Waals surface area contributed by atoms with Gasteiger partial charge in [0.15, 0.2) is 0 Å². The van der Waals surface area contributed by atoms with Crippen LogP contribution < -0.4 is 5.32 Å². The SMILES string of the molecule is O=C(Nc1ccc(Cl)cc1O)c1ccc[nH]1. The van der Waals surface area contributed by atoms with Crippen molar-refractivity contribution in [3.05, 3.63) is 47.2 Å². The summed E-state index contributed by atoms with van der Waals surface area (Å²) in [5.41, 5.74) is 0.748. The Morgan fingerprint density at radius 3 is 2.81 bits per heavy atom. The van der Waals surface area contributed by atoms with E-state index in [2.05, 4.69) is 10.3 Å². The number of H-pyrrole nitrogens is 1. The van der Waals surface area contributed by atoms with Crippen molar-refractivity contribution in [2.75, 3.05) is 5.32 Å². The minimum absolute atomic E-state index is 0.0626. The van der Waals surface area contributed by atoms with E-state index in [4.69, 9.17) is 11.6 Å². The number of aromatic amines is 1. The van der Waals surface area contributed by atoms with Gasteiger partial charge in [0, 0.05) is 17.3 Å². The van der Waals surface area contributed by atoms with E-state index in [9.17, 15) is 9.90 Å². The van der Waals surface area contributed by atoms with E-state index < -0.39 is 0 Å². The first-order chi connectivity index (χ1) is 7.66. The van der Waals surface area contributed by atoms with Gasteiger partial charge in [0.25, 0.3) is 5.91 Å². The molecule has 5 heteroatoms. The predicted molar refractivity (Wildman–Crippen MR) is 61.9 cm³/mol. The van der Waals surface area contributed by atoms with Gasteiger partial charge in [0.05, 0.1) is 5.69 Å². The lowest BCUT2D eigenvalue weighted by molar-refractivity contribution is 0.102. The molecule has 0 aliphatic heterocycles. The number of aromatic hydroxyl groups is 1. The Labute approximate surface area is 96.9 Å². The fourth-order valence-corrected chi connectivity index (χ4v) is 1.44. The van der Waals surface area contributed by atoms with Gasteiger partial charge in [-0.05, 0) is 24.3 Å². The highest BCUT2D eigenvalue weighted by molar-refractivity contribution is 6.30. The number of hydrogen-bond donors (Lipinski definition) is 3. The number of rotatable bonds is 2. The maximum atomic E-state index is 11.6. The molecule has 0 spiro atoms. The van der Waals surface area contributed by atoms with Gasteiger partial charge in [-0.3, -0.25) is 4.79 Å². The number of amides is 1. The van der Waals surface area contributed by atoms with E-state index >= 15 is 0 Å². The summed E-state index contributed by atoms with van der Waals surface area (Å²) in [6, 6.07) is 7.86. The van der Waals surface area contributed by atoms with E-state index in [0.717, 1.165) is 0 Å². The van der Waals surface area contributed by atoms with Crippen LogP contribution in [0.2, 0.25) is 5.02 Å². The number of aromatic nitrogens is 1.